The van der Waals surface area contributed by atoms with Gasteiger partial charge in [-0.25, -0.2) is 0 Å². The second-order valence-electron chi connectivity index (χ2n) is 2.76. The van der Waals surface area contributed by atoms with Gasteiger partial charge in [0.25, 0.3) is 5.84 Å². The Bertz CT molecular complexity index is 455. The van der Waals surface area contributed by atoms with E-state index in [1.807, 2.05) is 0 Å². The summed E-state index contributed by atoms with van der Waals surface area (Å²) in [4.78, 5) is 47.9. The van der Waals surface area contributed by atoms with Crippen LogP contribution in [0.3, 0.4) is 0 Å². The Morgan fingerprint density at radius 1 is 0.842 bits per heavy atom. The fourth-order valence-corrected chi connectivity index (χ4v) is 0.793. The number of amides is 1. The molecule has 0 bridgehead atoms. The third-order valence-electron chi connectivity index (χ3n) is 1.52. The van der Waals surface area contributed by atoms with Gasteiger partial charge in [-0.15, -0.1) is 0 Å². The standard InChI is InChI=1S/C4H4N6O9/c5-1(3(7(12)13)8(14)15)6-2(11)4(9(16)17)10(18)19/h3-4H,(H2,5,6,11). The Morgan fingerprint density at radius 2 is 1.16 bits per heavy atom. The van der Waals surface area contributed by atoms with E-state index in [1.165, 1.54) is 0 Å². The summed E-state index contributed by atoms with van der Waals surface area (Å²) < 4.78 is 0. The predicted molar refractivity (Wildman–Crippen MR) is 52.2 cm³/mol. The molecule has 0 rings (SSSR count). The molecule has 0 aliphatic rings. The van der Waals surface area contributed by atoms with Crippen molar-refractivity contribution >= 4 is 11.7 Å². The van der Waals surface area contributed by atoms with Gasteiger partial charge >= 0.3 is 18.2 Å². The van der Waals surface area contributed by atoms with Gasteiger partial charge in [0.1, 0.15) is 19.7 Å². The van der Waals surface area contributed by atoms with Crippen molar-refractivity contribution in [2.24, 2.45) is 10.7 Å². The van der Waals surface area contributed by atoms with Gasteiger partial charge < -0.3 is 5.73 Å². The Balaban J connectivity index is 5.38. The molecule has 0 fully saturated rings. The Labute approximate surface area is 101 Å². The lowest BCUT2D eigenvalue weighted by atomic mass is 10.4. The number of nitrogens with two attached hydrogens (primary N) is 1. The summed E-state index contributed by atoms with van der Waals surface area (Å²) >= 11 is 0. The highest BCUT2D eigenvalue weighted by Crippen LogP contribution is 1.98. The number of rotatable bonds is 6. The fraction of sp³-hybridized carbons (Fsp3) is 0.500. The summed E-state index contributed by atoms with van der Waals surface area (Å²) in [5.74, 6) is -3.57. The monoisotopic (exact) mass is 280 g/mol. The Kier molecular flexibility index (Phi) is 4.88. The van der Waals surface area contributed by atoms with Crippen LogP contribution in [0, 0.1) is 40.5 Å². The summed E-state index contributed by atoms with van der Waals surface area (Å²) in [7, 11) is 0. The first-order valence-corrected chi connectivity index (χ1v) is 4.01. The maximum atomic E-state index is 11.0. The van der Waals surface area contributed by atoms with Crippen LogP contribution in [0.2, 0.25) is 0 Å². The minimum Gasteiger partial charge on any atom is -0.375 e. The molecule has 15 heteroatoms. The van der Waals surface area contributed by atoms with Crippen molar-refractivity contribution in [1.29, 1.82) is 0 Å². The lowest BCUT2D eigenvalue weighted by Crippen LogP contribution is -2.44. The van der Waals surface area contributed by atoms with Crippen LogP contribution in [-0.4, -0.2) is 43.8 Å². The van der Waals surface area contributed by atoms with E-state index in [1.54, 1.807) is 0 Å². The zero-order valence-corrected chi connectivity index (χ0v) is 8.64. The molecule has 2 N–H and O–H groups in total. The van der Waals surface area contributed by atoms with E-state index < -0.39 is 43.8 Å². The molecule has 19 heavy (non-hydrogen) atoms. The predicted octanol–water partition coefficient (Wildman–Crippen LogP) is -2.37. The molecule has 0 unspecified atom stereocenters. The Hall–Kier alpha value is -3.26. The highest BCUT2D eigenvalue weighted by Gasteiger charge is 2.45. The summed E-state index contributed by atoms with van der Waals surface area (Å²) in [5.41, 5.74) is 4.76. The van der Waals surface area contributed by atoms with Crippen LogP contribution >= 0.6 is 0 Å². The molecule has 0 atom stereocenters. The van der Waals surface area contributed by atoms with Crippen molar-refractivity contribution in [3.63, 3.8) is 0 Å². The van der Waals surface area contributed by atoms with E-state index >= 15 is 0 Å². The second-order valence-corrected chi connectivity index (χ2v) is 2.76. The normalized spacial score (nSPS) is 11.4. The van der Waals surface area contributed by atoms with Gasteiger partial charge in [0.05, 0.1) is 0 Å². The maximum Gasteiger partial charge on any atom is 0.529 e. The lowest BCUT2D eigenvalue weighted by Gasteiger charge is -2.01. The quantitative estimate of drug-likeness (QED) is 0.178. The molecule has 0 heterocycles. The fourth-order valence-electron chi connectivity index (χ4n) is 0.793. The van der Waals surface area contributed by atoms with Gasteiger partial charge in [0.2, 0.25) is 0 Å². The van der Waals surface area contributed by atoms with Crippen molar-refractivity contribution in [2.45, 2.75) is 12.3 Å². The molecular formula is C4H4N6O9. The Morgan fingerprint density at radius 3 is 1.42 bits per heavy atom. The molecule has 0 aromatic carbocycles. The number of amidine groups is 1. The van der Waals surface area contributed by atoms with Crippen molar-refractivity contribution in [3.05, 3.63) is 40.5 Å². The highest BCUT2D eigenvalue weighted by atomic mass is 16.7. The smallest absolute Gasteiger partial charge is 0.375 e. The second kappa shape index (κ2) is 5.89. The molecule has 1 amide bonds. The number of carbonyl (C=O) groups is 1. The molecule has 0 aromatic rings. The number of nitrogens with zero attached hydrogens (tertiary/aromatic N) is 5. The van der Waals surface area contributed by atoms with Crippen LogP contribution in [0.1, 0.15) is 0 Å². The van der Waals surface area contributed by atoms with E-state index in [4.69, 9.17) is 5.73 Å². The third-order valence-corrected chi connectivity index (χ3v) is 1.52. The third kappa shape index (κ3) is 3.91. The molecule has 0 saturated carbocycles. The van der Waals surface area contributed by atoms with Crippen LogP contribution in [0.5, 0.6) is 0 Å². The van der Waals surface area contributed by atoms with Gasteiger partial charge in [-0.05, 0) is 0 Å². The number of hydrogen-bond acceptors (Lipinski definition) is 9. The van der Waals surface area contributed by atoms with Gasteiger partial charge in [-0.3, -0.25) is 45.3 Å². The topological polar surface area (TPSA) is 228 Å². The number of aliphatic imine (C=N–C) groups is 1. The van der Waals surface area contributed by atoms with Crippen molar-refractivity contribution in [1.82, 2.24) is 0 Å². The van der Waals surface area contributed by atoms with Gasteiger partial charge in [0.15, 0.2) is 0 Å². The van der Waals surface area contributed by atoms with Crippen LogP contribution in [-0.2, 0) is 4.79 Å². The molecule has 0 radical (unpaired) electrons. The summed E-state index contributed by atoms with van der Waals surface area (Å²) in [6.45, 7) is 0. The molecule has 0 saturated heterocycles. The minimum absolute atomic E-state index is 1.51. The lowest BCUT2D eigenvalue weighted by molar-refractivity contribution is -0.723. The van der Waals surface area contributed by atoms with E-state index in [-0.39, 0.29) is 0 Å². The summed E-state index contributed by atoms with van der Waals surface area (Å²) in [5, 5.41) is 40.8. The first kappa shape index (κ1) is 15.7. The van der Waals surface area contributed by atoms with Gasteiger partial charge in [-0.2, -0.15) is 4.99 Å². The van der Waals surface area contributed by atoms with Crippen molar-refractivity contribution in [3.8, 4) is 0 Å². The zero-order chi connectivity index (χ0) is 15.3. The molecular weight excluding hydrogens is 276 g/mol. The van der Waals surface area contributed by atoms with Crippen molar-refractivity contribution in [2.75, 3.05) is 0 Å². The van der Waals surface area contributed by atoms with Gasteiger partial charge in [0, 0.05) is 0 Å². The first-order valence-electron chi connectivity index (χ1n) is 4.01. The highest BCUT2D eigenvalue weighted by molar-refractivity contribution is 5.96. The molecule has 0 aliphatic carbocycles. The molecule has 0 spiro atoms. The first-order chi connectivity index (χ1) is 8.59. The number of nitro groups is 4. The van der Waals surface area contributed by atoms with Crippen LogP contribution in [0.15, 0.2) is 4.99 Å². The minimum atomic E-state index is -3.04. The SMILES string of the molecule is NC(=NC(=O)C([N+](=O)[O-])[N+](=O)[O-])C([N+](=O)[O-])[N+](=O)[O-]. The largest absolute Gasteiger partial charge is 0.529 e. The number of carbonyl (C=O) groups excluding carboxylic acids is 1. The molecule has 0 aliphatic heterocycles. The van der Waals surface area contributed by atoms with E-state index in [0.717, 1.165) is 0 Å². The van der Waals surface area contributed by atoms with Gasteiger partial charge in [-0.1, -0.05) is 0 Å². The van der Waals surface area contributed by atoms with Crippen LogP contribution < -0.4 is 5.73 Å². The molecule has 104 valence electrons. The van der Waals surface area contributed by atoms with E-state index in [2.05, 4.69) is 4.99 Å². The van der Waals surface area contributed by atoms with Crippen molar-refractivity contribution < 1.29 is 24.5 Å². The molecule has 0 aromatic heterocycles. The van der Waals surface area contributed by atoms with Crippen LogP contribution in [0.25, 0.3) is 0 Å². The summed E-state index contributed by atoms with van der Waals surface area (Å²) in [6, 6.07) is 0. The van der Waals surface area contributed by atoms with E-state index in [0.29, 0.717) is 0 Å². The average molecular weight is 280 g/mol. The zero-order valence-electron chi connectivity index (χ0n) is 8.64. The maximum absolute atomic E-state index is 11.0. The summed E-state index contributed by atoms with van der Waals surface area (Å²) in [6.07, 6.45) is -5.87. The molecule has 15 nitrogen and oxygen atoms in total. The van der Waals surface area contributed by atoms with E-state index in [9.17, 15) is 45.3 Å². The van der Waals surface area contributed by atoms with Crippen LogP contribution in [0.4, 0.5) is 0 Å². The average Bonchev–Trinajstić information content (AvgIpc) is 2.13. The number of hydrogen-bond donors (Lipinski definition) is 1.